The summed E-state index contributed by atoms with van der Waals surface area (Å²) in [6, 6.07) is 0. The predicted molar refractivity (Wildman–Crippen MR) is 416 cm³/mol. The van der Waals surface area contributed by atoms with Crippen molar-refractivity contribution in [2.45, 2.75) is 360 Å². The highest BCUT2D eigenvalue weighted by Gasteiger charge is 2.22. The van der Waals surface area contributed by atoms with E-state index in [1.165, 1.54) is 205 Å². The molecule has 0 aromatic carbocycles. The smallest absolute Gasteiger partial charge is 0.306 e. The van der Waals surface area contributed by atoms with E-state index in [1.54, 1.807) is 0 Å². The fourth-order valence-electron chi connectivity index (χ4n) is 11.3. The molecule has 0 spiro atoms. The van der Waals surface area contributed by atoms with E-state index < -0.39 is 24.3 Å². The average molecular weight is 1350 g/mol. The van der Waals surface area contributed by atoms with Crippen LogP contribution in [0.5, 0.6) is 0 Å². The molecule has 0 aliphatic rings. The third-order valence-electron chi connectivity index (χ3n) is 17.4. The molecule has 0 aliphatic heterocycles. The van der Waals surface area contributed by atoms with Crippen molar-refractivity contribution in [2.75, 3.05) is 47.5 Å². The summed E-state index contributed by atoms with van der Waals surface area (Å²) in [7, 11) is 5.94. The van der Waals surface area contributed by atoms with Crippen molar-refractivity contribution in [3.63, 3.8) is 0 Å². The van der Waals surface area contributed by atoms with Crippen LogP contribution >= 0.6 is 0 Å². The van der Waals surface area contributed by atoms with E-state index in [4.69, 9.17) is 18.9 Å². The Labute approximate surface area is 599 Å². The van der Waals surface area contributed by atoms with Gasteiger partial charge in [0.05, 0.1) is 40.3 Å². The summed E-state index contributed by atoms with van der Waals surface area (Å²) in [5.74, 6) is -2.27. The van der Waals surface area contributed by atoms with Crippen molar-refractivity contribution in [1.29, 1.82) is 0 Å². The first kappa shape index (κ1) is 92.4. The van der Waals surface area contributed by atoms with Gasteiger partial charge in [0.25, 0.3) is 0 Å². The number of ether oxygens (including phenoxy) is 4. The summed E-state index contributed by atoms with van der Waals surface area (Å²) >= 11 is 0. The van der Waals surface area contributed by atoms with E-state index >= 15 is 0 Å². The molecule has 97 heavy (non-hydrogen) atoms. The lowest BCUT2D eigenvalue weighted by Crippen LogP contribution is -2.44. The van der Waals surface area contributed by atoms with Crippen LogP contribution < -0.4 is 5.11 Å². The lowest BCUT2D eigenvalue weighted by atomic mass is 10.0. The highest BCUT2D eigenvalue weighted by atomic mass is 16.7. The molecule has 9 nitrogen and oxygen atoms in total. The van der Waals surface area contributed by atoms with Gasteiger partial charge in [-0.3, -0.25) is 9.59 Å². The van der Waals surface area contributed by atoms with Crippen molar-refractivity contribution >= 4 is 17.9 Å². The second kappa shape index (κ2) is 77.2. The van der Waals surface area contributed by atoms with Crippen LogP contribution in [0.15, 0.2) is 134 Å². The maximum Gasteiger partial charge on any atom is 0.306 e. The van der Waals surface area contributed by atoms with Crippen LogP contribution in [0, 0.1) is 0 Å². The van der Waals surface area contributed by atoms with Gasteiger partial charge in [0.15, 0.2) is 12.4 Å². The SMILES string of the molecule is CC/C=C\C/C=C\C/C=C\C/C=C\C/C=C\C/C=C\C/C=C\CCCCCCCCCCCCCCCC(=O)OC(COC(=O)CCCCCCCCCCCCCCCCCCCCCCCCCC/C=C\C/C=C\C/C=C\C/C=C\CC)COC(OCC[N+](C)(C)C)C(=O)[O-]. The number of aliphatic carboxylic acids is 1. The minimum atomic E-state index is -1.63. The summed E-state index contributed by atoms with van der Waals surface area (Å²) in [6.07, 6.45) is 109. The van der Waals surface area contributed by atoms with Crippen molar-refractivity contribution in [3.05, 3.63) is 134 Å². The number of rotatable bonds is 74. The van der Waals surface area contributed by atoms with Crippen LogP contribution in [0.25, 0.3) is 0 Å². The zero-order chi connectivity index (χ0) is 70.4. The van der Waals surface area contributed by atoms with Gasteiger partial charge >= 0.3 is 11.9 Å². The zero-order valence-corrected chi connectivity index (χ0v) is 63.7. The second-order valence-corrected chi connectivity index (χ2v) is 27.9. The van der Waals surface area contributed by atoms with Crippen molar-refractivity contribution in [1.82, 2.24) is 0 Å². The molecule has 0 bridgehead atoms. The maximum atomic E-state index is 13.0. The number of carbonyl (C=O) groups is 3. The monoisotopic (exact) mass is 1350 g/mol. The van der Waals surface area contributed by atoms with Gasteiger partial charge in [-0.1, -0.05) is 359 Å². The van der Waals surface area contributed by atoms with E-state index in [1.807, 2.05) is 21.1 Å². The minimum Gasteiger partial charge on any atom is -0.545 e. The summed E-state index contributed by atoms with van der Waals surface area (Å²) in [6.45, 7) is 4.55. The molecule has 0 N–H and O–H groups in total. The first-order valence-electron chi connectivity index (χ1n) is 40.3. The Bertz CT molecular complexity index is 2060. The van der Waals surface area contributed by atoms with Crippen molar-refractivity contribution in [3.8, 4) is 0 Å². The van der Waals surface area contributed by atoms with E-state index in [-0.39, 0.29) is 32.2 Å². The molecule has 0 aliphatic carbocycles. The van der Waals surface area contributed by atoms with Crippen LogP contribution in [-0.2, 0) is 33.3 Å². The Hall–Kier alpha value is -4.57. The normalized spacial score (nSPS) is 13.4. The lowest BCUT2D eigenvalue weighted by Gasteiger charge is -2.26. The predicted octanol–water partition coefficient (Wildman–Crippen LogP) is 24.7. The van der Waals surface area contributed by atoms with E-state index in [2.05, 4.69) is 148 Å². The van der Waals surface area contributed by atoms with Gasteiger partial charge in [-0.15, -0.1) is 0 Å². The molecule has 2 atom stereocenters. The molecule has 0 saturated carbocycles. The van der Waals surface area contributed by atoms with Crippen LogP contribution in [0.3, 0.4) is 0 Å². The fourth-order valence-corrected chi connectivity index (χ4v) is 11.3. The molecule has 0 aromatic rings. The molecule has 2 unspecified atom stereocenters. The molecular formula is C88H151NO8. The Kier molecular flexibility index (Phi) is 73.5. The minimum absolute atomic E-state index is 0.145. The zero-order valence-electron chi connectivity index (χ0n) is 63.7. The second-order valence-electron chi connectivity index (χ2n) is 27.9. The number of quaternary nitrogens is 1. The van der Waals surface area contributed by atoms with E-state index in [9.17, 15) is 19.5 Å². The van der Waals surface area contributed by atoms with Crippen LogP contribution in [-0.4, -0.2) is 82.3 Å². The Morgan fingerprint density at radius 3 is 0.825 bits per heavy atom. The number of carboxylic acid groups (broad SMARTS) is 1. The number of hydrogen-bond acceptors (Lipinski definition) is 8. The Morgan fingerprint density at radius 1 is 0.309 bits per heavy atom. The van der Waals surface area contributed by atoms with Crippen molar-refractivity contribution in [2.24, 2.45) is 0 Å². The number of carboxylic acids is 1. The highest BCUT2D eigenvalue weighted by molar-refractivity contribution is 5.70. The largest absolute Gasteiger partial charge is 0.545 e. The van der Waals surface area contributed by atoms with Crippen LogP contribution in [0.1, 0.15) is 348 Å². The van der Waals surface area contributed by atoms with Crippen LogP contribution in [0.2, 0.25) is 0 Å². The first-order chi connectivity index (χ1) is 47.6. The molecular weight excluding hydrogens is 1200 g/mol. The Balaban J connectivity index is 4.02. The molecule has 0 aromatic heterocycles. The van der Waals surface area contributed by atoms with E-state index in [0.717, 1.165) is 109 Å². The topological polar surface area (TPSA) is 111 Å². The summed E-state index contributed by atoms with van der Waals surface area (Å²) in [5, 5.41) is 11.9. The van der Waals surface area contributed by atoms with Crippen LogP contribution in [0.4, 0.5) is 0 Å². The first-order valence-corrected chi connectivity index (χ1v) is 40.3. The lowest BCUT2D eigenvalue weighted by molar-refractivity contribution is -0.870. The van der Waals surface area contributed by atoms with Gasteiger partial charge in [-0.2, -0.15) is 0 Å². The van der Waals surface area contributed by atoms with E-state index in [0.29, 0.717) is 23.9 Å². The summed E-state index contributed by atoms with van der Waals surface area (Å²) in [5.41, 5.74) is 0. The van der Waals surface area contributed by atoms with Gasteiger partial charge in [0.2, 0.25) is 0 Å². The molecule has 0 fully saturated rings. The number of likely N-dealkylation sites (N-methyl/N-ethyl adjacent to an activating group) is 1. The van der Waals surface area contributed by atoms with Gasteiger partial charge in [-0.05, 0) is 109 Å². The quantitative estimate of drug-likeness (QED) is 0.0195. The average Bonchev–Trinajstić information content (AvgIpc) is 3.74. The Morgan fingerprint density at radius 2 is 0.557 bits per heavy atom. The number of allylic oxidation sites excluding steroid dienone is 22. The standard InChI is InChI=1S/C88H151NO8/c1-6-8-10-12-14-16-18-20-22-24-26-28-30-32-34-36-38-40-42-43-45-46-48-50-52-54-56-58-60-62-64-66-68-70-72-74-76-78-85(90)95-82-84(83-96-88(87(92)93)94-81-80-89(3,4)5)97-86(91)79-77-75-73-71-69-67-65-63-61-59-57-55-53-51-49-47-44-41-39-37-35-33-31-29-27-25-23-21-19-17-15-13-11-9-7-2/h8-11,14-17,20-23,26-29,33,35,39,41,47,49,84,88H,6-7,12-13,18-19,24-25,30-32,34,36-38,40,42-46,48,50-83H2,1-5H3/b10-8-,11-9-,16-14-,17-15-,22-20-,23-21-,28-26-,29-27-,35-33-,41-39-,49-47-. The maximum absolute atomic E-state index is 13.0. The summed E-state index contributed by atoms with van der Waals surface area (Å²) in [4.78, 5) is 37.6. The van der Waals surface area contributed by atoms with Gasteiger partial charge in [-0.25, -0.2) is 0 Å². The third kappa shape index (κ3) is 78.6. The molecule has 0 heterocycles. The molecule has 0 rings (SSSR count). The molecule has 556 valence electrons. The highest BCUT2D eigenvalue weighted by Crippen LogP contribution is 2.19. The number of hydrogen-bond donors (Lipinski definition) is 0. The van der Waals surface area contributed by atoms with Gasteiger partial charge in [0.1, 0.15) is 13.2 Å². The molecule has 9 heteroatoms. The fraction of sp³-hybridized carbons (Fsp3) is 0.716. The number of carbonyl (C=O) groups excluding carboxylic acids is 3. The third-order valence-corrected chi connectivity index (χ3v) is 17.4. The van der Waals surface area contributed by atoms with Gasteiger partial charge in [0, 0.05) is 12.8 Å². The van der Waals surface area contributed by atoms with Gasteiger partial charge < -0.3 is 33.3 Å². The molecule has 0 amide bonds. The number of nitrogens with zero attached hydrogens (tertiary/aromatic N) is 1. The van der Waals surface area contributed by atoms with Crippen molar-refractivity contribution < 1.29 is 42.9 Å². The molecule has 0 saturated heterocycles. The summed E-state index contributed by atoms with van der Waals surface area (Å²) < 4.78 is 22.9. The number of esters is 2. The number of unbranched alkanes of at least 4 members (excludes halogenated alkanes) is 37. The molecule has 0 radical (unpaired) electrons.